The first-order valence-corrected chi connectivity index (χ1v) is 11.6. The molecular formula is C29H27F3N6O. The number of halogens is 3. The lowest BCUT2D eigenvalue weighted by Crippen LogP contribution is -2.44. The van der Waals surface area contributed by atoms with E-state index in [0.717, 1.165) is 18.2 Å². The van der Waals surface area contributed by atoms with Gasteiger partial charge >= 0.3 is 6.18 Å². The lowest BCUT2D eigenvalue weighted by Gasteiger charge is -2.33. The van der Waals surface area contributed by atoms with Crippen LogP contribution in [-0.2, 0) is 12.7 Å². The van der Waals surface area contributed by atoms with E-state index in [0.29, 0.717) is 17.4 Å². The molecule has 7 nitrogen and oxygen atoms in total. The number of nitrogens with zero attached hydrogens (tertiary/aromatic N) is 5. The van der Waals surface area contributed by atoms with Gasteiger partial charge in [0.05, 0.1) is 11.8 Å². The van der Waals surface area contributed by atoms with Gasteiger partial charge in [0.2, 0.25) is 0 Å². The monoisotopic (exact) mass is 541 g/mol. The van der Waals surface area contributed by atoms with Crippen LogP contribution in [0.15, 0.2) is 60.9 Å². The number of amides is 1. The van der Waals surface area contributed by atoms with Crippen molar-refractivity contribution in [3.05, 3.63) is 94.4 Å². The molecular weight excluding hydrogens is 505 g/mol. The minimum absolute atomic E-state index is 0.0521. The Morgan fingerprint density at radius 1 is 1.18 bits per heavy atom. The number of anilines is 1. The molecule has 10 heteroatoms. The Morgan fingerprint density at radius 2 is 2.00 bits per heavy atom. The Kier molecular flexibility index (Phi) is 4.86. The molecule has 1 saturated heterocycles. The molecule has 0 aliphatic carbocycles. The summed E-state index contributed by atoms with van der Waals surface area (Å²) in [6.07, 6.45) is -2.25. The van der Waals surface area contributed by atoms with E-state index in [-0.39, 0.29) is 21.6 Å². The quantitative estimate of drug-likeness (QED) is 0.387. The summed E-state index contributed by atoms with van der Waals surface area (Å²) in [6, 6.07) is 9.05. The van der Waals surface area contributed by atoms with E-state index >= 15 is 0 Å². The molecule has 1 N–H and O–H groups in total. The number of nitrogens with one attached hydrogen (secondary N) is 1. The van der Waals surface area contributed by atoms with Gasteiger partial charge in [0, 0.05) is 67.9 Å². The molecule has 4 aromatic rings. The summed E-state index contributed by atoms with van der Waals surface area (Å²) in [6.45, 7) is -12.2. The second kappa shape index (κ2) is 10.9. The van der Waals surface area contributed by atoms with Gasteiger partial charge in [-0.2, -0.15) is 18.3 Å². The minimum atomic E-state index is -5.19. The number of fused-ring (bicyclic) bond motifs is 1. The van der Waals surface area contributed by atoms with E-state index in [2.05, 4.69) is 27.2 Å². The summed E-state index contributed by atoms with van der Waals surface area (Å²) < 4.78 is 118. The van der Waals surface area contributed by atoms with Gasteiger partial charge in [0.15, 0.2) is 5.65 Å². The van der Waals surface area contributed by atoms with Crippen molar-refractivity contribution in [1.82, 2.24) is 24.4 Å². The van der Waals surface area contributed by atoms with Crippen molar-refractivity contribution in [3.63, 3.8) is 0 Å². The number of carbonyl (C=O) groups excluding carboxylic acids is 1. The minimum Gasteiger partial charge on any atom is -0.322 e. The Morgan fingerprint density at radius 3 is 2.77 bits per heavy atom. The van der Waals surface area contributed by atoms with Crippen molar-refractivity contribution < 1.29 is 30.3 Å². The maximum atomic E-state index is 14.4. The van der Waals surface area contributed by atoms with Gasteiger partial charge in [0.1, 0.15) is 5.69 Å². The van der Waals surface area contributed by atoms with Gasteiger partial charge in [-0.15, -0.1) is 0 Å². The molecule has 1 amide bonds. The number of aryl methyl sites for hydroxylation is 1. The van der Waals surface area contributed by atoms with Crippen molar-refractivity contribution in [2.45, 2.75) is 19.5 Å². The number of rotatable bonds is 4. The summed E-state index contributed by atoms with van der Waals surface area (Å²) in [4.78, 5) is 18.8. The van der Waals surface area contributed by atoms with Gasteiger partial charge < -0.3 is 10.2 Å². The number of hydrogen-bond acceptors (Lipinski definition) is 5. The highest BCUT2D eigenvalue weighted by molar-refractivity contribution is 6.04. The molecule has 0 saturated carbocycles. The molecule has 0 spiro atoms. The molecule has 3 heterocycles. The number of hydrogen-bond donors (Lipinski definition) is 1. The van der Waals surface area contributed by atoms with Gasteiger partial charge in [-0.05, 0) is 67.3 Å². The Balaban J connectivity index is 1.50. The van der Waals surface area contributed by atoms with Crippen LogP contribution in [0.25, 0.3) is 5.65 Å². The number of imidazole rings is 1. The lowest BCUT2D eigenvalue weighted by molar-refractivity contribution is -0.138. The highest BCUT2D eigenvalue weighted by Gasteiger charge is 2.34. The fourth-order valence-electron chi connectivity index (χ4n) is 3.69. The molecule has 0 atom stereocenters. The number of likely N-dealkylation sites (N-methyl/N-ethyl adjacent to an activating group) is 1. The Labute approximate surface area is 236 Å². The molecule has 1 fully saturated rings. The predicted molar refractivity (Wildman–Crippen MR) is 142 cm³/mol. The van der Waals surface area contributed by atoms with E-state index in [9.17, 15) is 18.0 Å². The van der Waals surface area contributed by atoms with Crippen LogP contribution in [0, 0.1) is 18.7 Å². The lowest BCUT2D eigenvalue weighted by atomic mass is 10.0. The summed E-state index contributed by atoms with van der Waals surface area (Å²) >= 11 is 0. The molecule has 1 aliphatic heterocycles. The fourth-order valence-corrected chi connectivity index (χ4v) is 3.69. The number of benzene rings is 2. The first-order valence-electron chi connectivity index (χ1n) is 16.1. The van der Waals surface area contributed by atoms with Gasteiger partial charge in [-0.1, -0.05) is 18.1 Å². The average molecular weight is 542 g/mol. The molecule has 5 rings (SSSR count). The number of carbonyl (C=O) groups is 1. The van der Waals surface area contributed by atoms with Crippen molar-refractivity contribution in [2.75, 3.05) is 38.4 Å². The molecule has 39 heavy (non-hydrogen) atoms. The average Bonchev–Trinajstić information content (AvgIpc) is 3.36. The Bertz CT molecular complexity index is 1930. The third-order valence-corrected chi connectivity index (χ3v) is 5.70. The zero-order chi connectivity index (χ0) is 35.4. The first-order chi connectivity index (χ1) is 22.1. The first kappa shape index (κ1) is 17.4. The summed E-state index contributed by atoms with van der Waals surface area (Å²) in [5.41, 5.74) is -2.56. The summed E-state index contributed by atoms with van der Waals surface area (Å²) in [5, 5.41) is 6.44. The second-order valence-corrected chi connectivity index (χ2v) is 8.60. The predicted octanol–water partition coefficient (Wildman–Crippen LogP) is 4.46. The normalized spacial score (nSPS) is 21.4. The van der Waals surface area contributed by atoms with Crippen molar-refractivity contribution in [2.24, 2.45) is 0 Å². The van der Waals surface area contributed by atoms with Crippen LogP contribution < -0.4 is 5.32 Å². The molecule has 2 aromatic heterocycles. The Hall–Kier alpha value is -4.20. The van der Waals surface area contributed by atoms with Crippen LogP contribution in [0.4, 0.5) is 18.9 Å². The fraction of sp³-hybridized carbons (Fsp3) is 0.276. The molecule has 2 aromatic carbocycles. The van der Waals surface area contributed by atoms with E-state index in [4.69, 9.17) is 12.3 Å². The summed E-state index contributed by atoms with van der Waals surface area (Å²) in [7, 11) is 1.41. The molecule has 200 valence electrons. The van der Waals surface area contributed by atoms with Crippen LogP contribution in [0.1, 0.15) is 50.6 Å². The van der Waals surface area contributed by atoms with Crippen LogP contribution in [0.2, 0.25) is 0 Å². The molecule has 0 bridgehead atoms. The number of aromatic nitrogens is 3. The third kappa shape index (κ3) is 6.11. The zero-order valence-corrected chi connectivity index (χ0v) is 20.5. The van der Waals surface area contributed by atoms with Gasteiger partial charge in [0.25, 0.3) is 5.91 Å². The second-order valence-electron chi connectivity index (χ2n) is 8.60. The highest BCUT2D eigenvalue weighted by Crippen LogP contribution is 2.34. The number of piperazine rings is 1. The van der Waals surface area contributed by atoms with E-state index < -0.39 is 68.3 Å². The third-order valence-electron chi connectivity index (χ3n) is 5.70. The smallest absolute Gasteiger partial charge is 0.322 e. The van der Waals surface area contributed by atoms with E-state index in [1.807, 2.05) is 0 Å². The summed E-state index contributed by atoms with van der Waals surface area (Å²) in [5.74, 6) is 4.58. The van der Waals surface area contributed by atoms with Crippen LogP contribution in [-0.4, -0.2) is 63.4 Å². The zero-order valence-electron chi connectivity index (χ0n) is 29.5. The molecule has 0 radical (unpaired) electrons. The van der Waals surface area contributed by atoms with Crippen molar-refractivity contribution in [1.29, 1.82) is 0 Å². The van der Waals surface area contributed by atoms with Crippen LogP contribution in [0.5, 0.6) is 0 Å². The maximum Gasteiger partial charge on any atom is 0.416 e. The SMILES string of the molecule is [2H]C([2H])([2H])c1ccc(C(=O)Nc2ccc(C([2H])([2H])N3C([2H])([2H])CN(C)CC3([2H])[2H])c(C(F)(F)F)c2)cc1C#Cc1cnc2cccnn12. The van der Waals surface area contributed by atoms with Crippen molar-refractivity contribution >= 4 is 17.2 Å². The topological polar surface area (TPSA) is 65.8 Å². The van der Waals surface area contributed by atoms with E-state index in [1.54, 1.807) is 12.1 Å². The van der Waals surface area contributed by atoms with Crippen LogP contribution >= 0.6 is 0 Å². The molecule has 0 unspecified atom stereocenters. The van der Waals surface area contributed by atoms with Crippen LogP contribution in [0.3, 0.4) is 0 Å². The number of alkyl halides is 3. The maximum absolute atomic E-state index is 14.4. The van der Waals surface area contributed by atoms with Crippen molar-refractivity contribution in [3.8, 4) is 11.8 Å². The van der Waals surface area contributed by atoms with Gasteiger partial charge in [-0.25, -0.2) is 9.50 Å². The standard InChI is InChI=1S/C29H27F3N6O/c1-20-5-6-22(16-21(20)8-10-25-18-33-27-4-3-11-34-38(25)27)28(39)35-24-9-7-23(26(17-24)29(30,31)32)19-37-14-12-36(2)13-15-37/h3-7,9,11,16-18H,12-15,19H2,1-2H3,(H,35,39)/i1D3,14D2,15D2,19D2. The van der Waals surface area contributed by atoms with E-state index in [1.165, 1.54) is 41.0 Å². The highest BCUT2D eigenvalue weighted by atomic mass is 19.4. The molecule has 1 aliphatic rings. The largest absolute Gasteiger partial charge is 0.416 e. The van der Waals surface area contributed by atoms with Gasteiger partial charge in [-0.3, -0.25) is 9.69 Å².